The van der Waals surface area contributed by atoms with Crippen LogP contribution >= 0.6 is 0 Å². The molecular weight excluding hydrogens is 128 g/mol. The van der Waals surface area contributed by atoms with Crippen LogP contribution in [0, 0.1) is 6.92 Å². The molecule has 0 aliphatic rings. The molecule has 0 aliphatic carbocycles. The van der Waals surface area contributed by atoms with E-state index in [0.29, 0.717) is 11.4 Å². The Kier molecular flexibility index (Phi) is 1.66. The average molecular weight is 140 g/mol. The van der Waals surface area contributed by atoms with Gasteiger partial charge in [0.1, 0.15) is 5.69 Å². The van der Waals surface area contributed by atoms with Gasteiger partial charge in [0, 0.05) is 7.05 Å². The van der Waals surface area contributed by atoms with Crippen molar-refractivity contribution in [3.8, 4) is 5.75 Å². The van der Waals surface area contributed by atoms with Crippen LogP contribution in [-0.2, 0) is 13.5 Å². The molecule has 1 heterocycles. The van der Waals surface area contributed by atoms with Crippen LogP contribution in [0.25, 0.3) is 0 Å². The Morgan fingerprint density at radius 1 is 1.60 bits per heavy atom. The van der Waals surface area contributed by atoms with Crippen molar-refractivity contribution in [1.29, 1.82) is 0 Å². The number of aryl methyl sites for hydroxylation is 2. The SMILES string of the molecule is CCc1c(O)c(C)nn1C. The maximum atomic E-state index is 9.34. The van der Waals surface area contributed by atoms with Crippen LogP contribution in [0.15, 0.2) is 0 Å². The molecule has 10 heavy (non-hydrogen) atoms. The van der Waals surface area contributed by atoms with Crippen LogP contribution in [0.3, 0.4) is 0 Å². The predicted octanol–water partition coefficient (Wildman–Crippen LogP) is 0.997. The van der Waals surface area contributed by atoms with E-state index in [1.807, 2.05) is 14.0 Å². The third-order valence-corrected chi connectivity index (χ3v) is 1.64. The minimum absolute atomic E-state index is 0.338. The number of nitrogens with zero attached hydrogens (tertiary/aromatic N) is 2. The molecule has 1 N–H and O–H groups in total. The van der Waals surface area contributed by atoms with Crippen LogP contribution in [0.5, 0.6) is 5.75 Å². The van der Waals surface area contributed by atoms with E-state index >= 15 is 0 Å². The summed E-state index contributed by atoms with van der Waals surface area (Å²) in [5.74, 6) is 0.338. The van der Waals surface area contributed by atoms with Crippen LogP contribution in [0.4, 0.5) is 0 Å². The fourth-order valence-corrected chi connectivity index (χ4v) is 1.09. The van der Waals surface area contributed by atoms with Gasteiger partial charge in [-0.3, -0.25) is 4.68 Å². The Morgan fingerprint density at radius 3 is 2.40 bits per heavy atom. The van der Waals surface area contributed by atoms with Gasteiger partial charge in [-0.05, 0) is 13.3 Å². The van der Waals surface area contributed by atoms with E-state index in [1.165, 1.54) is 0 Å². The lowest BCUT2D eigenvalue weighted by Crippen LogP contribution is -1.95. The first-order chi connectivity index (χ1) is 4.66. The van der Waals surface area contributed by atoms with Crippen molar-refractivity contribution >= 4 is 0 Å². The van der Waals surface area contributed by atoms with Crippen molar-refractivity contribution in [2.45, 2.75) is 20.3 Å². The number of rotatable bonds is 1. The Bertz CT molecular complexity index is 240. The van der Waals surface area contributed by atoms with Crippen LogP contribution in [0.2, 0.25) is 0 Å². The fraction of sp³-hybridized carbons (Fsp3) is 0.571. The van der Waals surface area contributed by atoms with Gasteiger partial charge in [0.2, 0.25) is 0 Å². The highest BCUT2D eigenvalue weighted by atomic mass is 16.3. The molecule has 1 rings (SSSR count). The molecular formula is C7H12N2O. The summed E-state index contributed by atoms with van der Waals surface area (Å²) in [4.78, 5) is 0. The van der Waals surface area contributed by atoms with Gasteiger partial charge < -0.3 is 5.11 Å². The van der Waals surface area contributed by atoms with E-state index in [0.717, 1.165) is 12.1 Å². The fourth-order valence-electron chi connectivity index (χ4n) is 1.09. The van der Waals surface area contributed by atoms with Crippen molar-refractivity contribution in [2.24, 2.45) is 7.05 Å². The van der Waals surface area contributed by atoms with E-state index in [4.69, 9.17) is 0 Å². The number of aromatic nitrogens is 2. The lowest BCUT2D eigenvalue weighted by atomic mass is 10.3. The highest BCUT2D eigenvalue weighted by molar-refractivity contribution is 5.30. The van der Waals surface area contributed by atoms with Gasteiger partial charge in [-0.2, -0.15) is 5.10 Å². The smallest absolute Gasteiger partial charge is 0.159 e. The summed E-state index contributed by atoms with van der Waals surface area (Å²) in [6, 6.07) is 0. The molecule has 0 aromatic carbocycles. The standard InChI is InChI=1S/C7H12N2O/c1-4-6-7(10)5(2)8-9(6)3/h10H,4H2,1-3H3. The molecule has 0 atom stereocenters. The second kappa shape index (κ2) is 2.33. The zero-order valence-electron chi connectivity index (χ0n) is 6.55. The first-order valence-electron chi connectivity index (χ1n) is 3.38. The number of hydrogen-bond acceptors (Lipinski definition) is 2. The van der Waals surface area contributed by atoms with Crippen LogP contribution in [-0.4, -0.2) is 14.9 Å². The van der Waals surface area contributed by atoms with Gasteiger partial charge in [-0.15, -0.1) is 0 Å². The van der Waals surface area contributed by atoms with Crippen molar-refractivity contribution in [3.05, 3.63) is 11.4 Å². The quantitative estimate of drug-likeness (QED) is 0.631. The van der Waals surface area contributed by atoms with Gasteiger partial charge in [0.15, 0.2) is 5.75 Å². The molecule has 0 aliphatic heterocycles. The molecule has 56 valence electrons. The van der Waals surface area contributed by atoms with Crippen molar-refractivity contribution in [1.82, 2.24) is 9.78 Å². The third-order valence-electron chi connectivity index (χ3n) is 1.64. The lowest BCUT2D eigenvalue weighted by molar-refractivity contribution is 0.463. The zero-order chi connectivity index (χ0) is 7.72. The van der Waals surface area contributed by atoms with Gasteiger partial charge in [-0.1, -0.05) is 6.92 Å². The monoisotopic (exact) mass is 140 g/mol. The molecule has 3 nitrogen and oxygen atoms in total. The van der Waals surface area contributed by atoms with Crippen molar-refractivity contribution in [2.75, 3.05) is 0 Å². The van der Waals surface area contributed by atoms with E-state index in [-0.39, 0.29) is 0 Å². The van der Waals surface area contributed by atoms with Crippen molar-refractivity contribution in [3.63, 3.8) is 0 Å². The first kappa shape index (κ1) is 7.12. The van der Waals surface area contributed by atoms with E-state index < -0.39 is 0 Å². The third kappa shape index (κ3) is 0.875. The maximum absolute atomic E-state index is 9.34. The topological polar surface area (TPSA) is 38.1 Å². The first-order valence-corrected chi connectivity index (χ1v) is 3.38. The molecule has 0 saturated heterocycles. The normalized spacial score (nSPS) is 10.3. The van der Waals surface area contributed by atoms with E-state index in [1.54, 1.807) is 11.6 Å². The summed E-state index contributed by atoms with van der Waals surface area (Å²) < 4.78 is 1.71. The Balaban J connectivity index is 3.20. The number of hydrogen-bond donors (Lipinski definition) is 1. The summed E-state index contributed by atoms with van der Waals surface area (Å²) in [7, 11) is 1.84. The molecule has 0 fully saturated rings. The van der Waals surface area contributed by atoms with Crippen LogP contribution < -0.4 is 0 Å². The molecule has 0 spiro atoms. The van der Waals surface area contributed by atoms with Gasteiger partial charge in [-0.25, -0.2) is 0 Å². The number of aromatic hydroxyl groups is 1. The van der Waals surface area contributed by atoms with Crippen molar-refractivity contribution < 1.29 is 5.11 Å². The Hall–Kier alpha value is -0.990. The summed E-state index contributed by atoms with van der Waals surface area (Å²) in [5, 5.41) is 13.4. The molecule has 0 unspecified atom stereocenters. The molecule has 0 radical (unpaired) electrons. The van der Waals surface area contributed by atoms with Gasteiger partial charge in [0.05, 0.1) is 5.69 Å². The second-order valence-corrected chi connectivity index (χ2v) is 2.36. The molecule has 0 amide bonds. The highest BCUT2D eigenvalue weighted by Gasteiger charge is 2.08. The largest absolute Gasteiger partial charge is 0.504 e. The average Bonchev–Trinajstić information content (AvgIpc) is 2.09. The Morgan fingerprint density at radius 2 is 2.20 bits per heavy atom. The lowest BCUT2D eigenvalue weighted by Gasteiger charge is -1.95. The zero-order valence-corrected chi connectivity index (χ0v) is 6.55. The summed E-state index contributed by atoms with van der Waals surface area (Å²) in [6.45, 7) is 3.80. The summed E-state index contributed by atoms with van der Waals surface area (Å²) in [5.41, 5.74) is 1.61. The van der Waals surface area contributed by atoms with E-state index in [2.05, 4.69) is 5.10 Å². The minimum Gasteiger partial charge on any atom is -0.504 e. The molecule has 1 aromatic heterocycles. The van der Waals surface area contributed by atoms with Gasteiger partial charge in [0.25, 0.3) is 0 Å². The van der Waals surface area contributed by atoms with E-state index in [9.17, 15) is 5.11 Å². The Labute approximate surface area is 60.3 Å². The highest BCUT2D eigenvalue weighted by Crippen LogP contribution is 2.19. The molecule has 0 saturated carbocycles. The maximum Gasteiger partial charge on any atom is 0.159 e. The molecule has 1 aromatic rings. The molecule has 0 bridgehead atoms. The molecule has 3 heteroatoms. The predicted molar refractivity (Wildman–Crippen MR) is 39.0 cm³/mol. The minimum atomic E-state index is 0.338. The van der Waals surface area contributed by atoms with Crippen LogP contribution in [0.1, 0.15) is 18.3 Å². The summed E-state index contributed by atoms with van der Waals surface area (Å²) >= 11 is 0. The summed E-state index contributed by atoms with van der Waals surface area (Å²) in [6.07, 6.45) is 0.823. The second-order valence-electron chi connectivity index (χ2n) is 2.36. The van der Waals surface area contributed by atoms with Gasteiger partial charge >= 0.3 is 0 Å².